The molecule has 2 N–H and O–H groups in total. The van der Waals surface area contributed by atoms with E-state index in [2.05, 4.69) is 15.9 Å². The molecule has 106 valence electrons. The maximum absolute atomic E-state index is 13.9. The van der Waals surface area contributed by atoms with Crippen LogP contribution in [0.2, 0.25) is 0 Å². The summed E-state index contributed by atoms with van der Waals surface area (Å²) in [6.07, 6.45) is 0. The molecule has 0 amide bonds. The van der Waals surface area contributed by atoms with Crippen LogP contribution in [0, 0.1) is 12.7 Å². The highest BCUT2D eigenvalue weighted by Crippen LogP contribution is 2.30. The van der Waals surface area contributed by atoms with Gasteiger partial charge in [0.1, 0.15) is 5.82 Å². The van der Waals surface area contributed by atoms with E-state index >= 15 is 0 Å². The molecule has 0 fully saturated rings. The zero-order valence-electron chi connectivity index (χ0n) is 11.6. The van der Waals surface area contributed by atoms with Crippen LogP contribution in [0.1, 0.15) is 22.7 Å². The molecule has 21 heavy (non-hydrogen) atoms. The van der Waals surface area contributed by atoms with Crippen molar-refractivity contribution >= 4 is 26.7 Å². The van der Waals surface area contributed by atoms with Crippen molar-refractivity contribution in [3.63, 3.8) is 0 Å². The van der Waals surface area contributed by atoms with Crippen LogP contribution in [0.5, 0.6) is 0 Å². The monoisotopic (exact) mass is 343 g/mol. The summed E-state index contributed by atoms with van der Waals surface area (Å²) in [6.45, 7) is 2.03. The molecule has 0 radical (unpaired) electrons. The maximum Gasteiger partial charge on any atom is 0.131 e. The Morgan fingerprint density at radius 2 is 1.71 bits per heavy atom. The summed E-state index contributed by atoms with van der Waals surface area (Å²) >= 11 is 3.53. The average Bonchev–Trinajstić information content (AvgIpc) is 2.50. The van der Waals surface area contributed by atoms with Crippen molar-refractivity contribution in [1.82, 2.24) is 0 Å². The molecule has 0 bridgehead atoms. The van der Waals surface area contributed by atoms with Gasteiger partial charge in [-0.05, 0) is 41.1 Å². The molecule has 0 aliphatic heterocycles. The van der Waals surface area contributed by atoms with Gasteiger partial charge < -0.3 is 5.73 Å². The van der Waals surface area contributed by atoms with Gasteiger partial charge in [0.2, 0.25) is 0 Å². The number of hydrogen-bond acceptors (Lipinski definition) is 1. The van der Waals surface area contributed by atoms with Gasteiger partial charge in [-0.2, -0.15) is 0 Å². The molecule has 3 aromatic carbocycles. The zero-order valence-corrected chi connectivity index (χ0v) is 13.2. The minimum absolute atomic E-state index is 0.216. The van der Waals surface area contributed by atoms with Crippen molar-refractivity contribution in [3.8, 4) is 0 Å². The lowest BCUT2D eigenvalue weighted by Crippen LogP contribution is -2.12. The van der Waals surface area contributed by atoms with Crippen LogP contribution >= 0.6 is 15.9 Å². The largest absolute Gasteiger partial charge is 0.320 e. The highest BCUT2D eigenvalue weighted by Gasteiger charge is 2.14. The third kappa shape index (κ3) is 2.59. The predicted octanol–water partition coefficient (Wildman–Crippen LogP) is 5.10. The smallest absolute Gasteiger partial charge is 0.131 e. The topological polar surface area (TPSA) is 26.0 Å². The van der Waals surface area contributed by atoms with Crippen LogP contribution in [0.15, 0.2) is 59.1 Å². The van der Waals surface area contributed by atoms with Gasteiger partial charge in [0, 0.05) is 9.86 Å². The SMILES string of the molecule is Cc1ccc(C(N)c2ccc(F)c3ccccc23)cc1Br. The summed E-state index contributed by atoms with van der Waals surface area (Å²) in [5, 5.41) is 1.47. The van der Waals surface area contributed by atoms with E-state index in [0.717, 1.165) is 26.5 Å². The number of halogens is 2. The van der Waals surface area contributed by atoms with Crippen molar-refractivity contribution in [1.29, 1.82) is 0 Å². The fourth-order valence-corrected chi connectivity index (χ4v) is 2.94. The number of hydrogen-bond donors (Lipinski definition) is 1. The van der Waals surface area contributed by atoms with Crippen molar-refractivity contribution in [2.45, 2.75) is 13.0 Å². The van der Waals surface area contributed by atoms with E-state index in [1.807, 2.05) is 43.3 Å². The number of fused-ring (bicyclic) bond motifs is 1. The first-order valence-corrected chi connectivity index (χ1v) is 7.56. The molecular formula is C18H15BrFN. The summed E-state index contributed by atoms with van der Waals surface area (Å²) in [5.41, 5.74) is 9.51. The second kappa shape index (κ2) is 5.58. The first-order chi connectivity index (χ1) is 10.1. The third-order valence-electron chi connectivity index (χ3n) is 3.79. The molecule has 3 aromatic rings. The first kappa shape index (κ1) is 14.2. The number of rotatable bonds is 2. The molecule has 1 nitrogen and oxygen atoms in total. The van der Waals surface area contributed by atoms with Gasteiger partial charge in [-0.3, -0.25) is 0 Å². The molecule has 0 spiro atoms. The summed E-state index contributed by atoms with van der Waals surface area (Å²) in [6, 6.07) is 16.5. The normalized spacial score (nSPS) is 12.6. The van der Waals surface area contributed by atoms with Crippen molar-refractivity contribution < 1.29 is 4.39 Å². The highest BCUT2D eigenvalue weighted by atomic mass is 79.9. The predicted molar refractivity (Wildman–Crippen MR) is 88.8 cm³/mol. The van der Waals surface area contributed by atoms with Crippen molar-refractivity contribution in [2.75, 3.05) is 0 Å². The lowest BCUT2D eigenvalue weighted by molar-refractivity contribution is 0.639. The first-order valence-electron chi connectivity index (χ1n) is 6.76. The Morgan fingerprint density at radius 3 is 2.43 bits per heavy atom. The van der Waals surface area contributed by atoms with E-state index < -0.39 is 0 Å². The van der Waals surface area contributed by atoms with Crippen LogP contribution in [0.4, 0.5) is 4.39 Å². The molecule has 1 atom stereocenters. The molecule has 0 aliphatic rings. The molecule has 1 unspecified atom stereocenters. The molecule has 0 heterocycles. The van der Waals surface area contributed by atoms with E-state index in [-0.39, 0.29) is 11.9 Å². The molecule has 0 aromatic heterocycles. The Morgan fingerprint density at radius 1 is 1.00 bits per heavy atom. The zero-order chi connectivity index (χ0) is 15.0. The summed E-state index contributed by atoms with van der Waals surface area (Å²) in [7, 11) is 0. The highest BCUT2D eigenvalue weighted by molar-refractivity contribution is 9.10. The van der Waals surface area contributed by atoms with E-state index in [9.17, 15) is 4.39 Å². The van der Waals surface area contributed by atoms with Crippen LogP contribution in [0.25, 0.3) is 10.8 Å². The molecule has 3 heteroatoms. The van der Waals surface area contributed by atoms with Gasteiger partial charge in [0.25, 0.3) is 0 Å². The summed E-state index contributed by atoms with van der Waals surface area (Å²) in [4.78, 5) is 0. The minimum atomic E-state index is -0.285. The fraction of sp³-hybridized carbons (Fsp3) is 0.111. The Bertz CT molecular complexity index is 813. The summed E-state index contributed by atoms with van der Waals surface area (Å²) < 4.78 is 14.9. The van der Waals surface area contributed by atoms with E-state index in [1.54, 1.807) is 12.1 Å². The molecule has 0 aliphatic carbocycles. The van der Waals surface area contributed by atoms with Gasteiger partial charge in [-0.1, -0.05) is 58.4 Å². The van der Waals surface area contributed by atoms with E-state index in [0.29, 0.717) is 5.39 Å². The van der Waals surface area contributed by atoms with Gasteiger partial charge in [-0.25, -0.2) is 4.39 Å². The van der Waals surface area contributed by atoms with Crippen LogP contribution in [-0.2, 0) is 0 Å². The van der Waals surface area contributed by atoms with Gasteiger partial charge in [0.05, 0.1) is 6.04 Å². The number of aryl methyl sites for hydroxylation is 1. The lowest BCUT2D eigenvalue weighted by atomic mass is 9.94. The summed E-state index contributed by atoms with van der Waals surface area (Å²) in [5.74, 6) is -0.216. The van der Waals surface area contributed by atoms with Gasteiger partial charge >= 0.3 is 0 Å². The quantitative estimate of drug-likeness (QED) is 0.688. The lowest BCUT2D eigenvalue weighted by Gasteiger charge is -2.16. The van der Waals surface area contributed by atoms with E-state index in [4.69, 9.17) is 5.73 Å². The van der Waals surface area contributed by atoms with Gasteiger partial charge in [-0.15, -0.1) is 0 Å². The second-order valence-electron chi connectivity index (χ2n) is 5.17. The standard InChI is InChI=1S/C18H15BrFN/c1-11-6-7-12(10-16(11)19)18(21)15-8-9-17(20)14-5-3-2-4-13(14)15/h2-10,18H,21H2,1H3. The van der Waals surface area contributed by atoms with Crippen LogP contribution < -0.4 is 5.73 Å². The van der Waals surface area contributed by atoms with Crippen molar-refractivity contribution in [3.05, 3.63) is 81.6 Å². The fourth-order valence-electron chi connectivity index (χ4n) is 2.54. The second-order valence-corrected chi connectivity index (χ2v) is 6.02. The maximum atomic E-state index is 13.9. The van der Waals surface area contributed by atoms with Crippen LogP contribution in [0.3, 0.4) is 0 Å². The number of benzene rings is 3. The molecule has 0 saturated heterocycles. The molecule has 0 saturated carbocycles. The average molecular weight is 344 g/mol. The Kier molecular flexibility index (Phi) is 3.79. The number of nitrogens with two attached hydrogens (primary N) is 1. The Hall–Kier alpha value is -1.71. The third-order valence-corrected chi connectivity index (χ3v) is 4.65. The Balaban J connectivity index is 2.15. The van der Waals surface area contributed by atoms with Gasteiger partial charge in [0.15, 0.2) is 0 Å². The molecule has 3 rings (SSSR count). The van der Waals surface area contributed by atoms with Crippen molar-refractivity contribution in [2.24, 2.45) is 5.73 Å². The van der Waals surface area contributed by atoms with Crippen LogP contribution in [-0.4, -0.2) is 0 Å². The minimum Gasteiger partial charge on any atom is -0.320 e. The van der Waals surface area contributed by atoms with E-state index in [1.165, 1.54) is 6.07 Å². The Labute approximate surface area is 131 Å². The molecular weight excluding hydrogens is 329 g/mol.